The van der Waals surface area contributed by atoms with E-state index in [2.05, 4.69) is 15.7 Å². The third-order valence-electron chi connectivity index (χ3n) is 4.04. The SMILES string of the molecule is Cc1cc(C(=O)NC2CCCCNC2=O)nn1-c1ccccc1Cl. The maximum absolute atomic E-state index is 12.5. The number of para-hydroxylation sites is 1. The summed E-state index contributed by atoms with van der Waals surface area (Å²) in [5.74, 6) is -0.492. The number of carbonyl (C=O) groups excluding carboxylic acids is 2. The van der Waals surface area contributed by atoms with Crippen LogP contribution in [-0.2, 0) is 4.79 Å². The smallest absolute Gasteiger partial charge is 0.272 e. The molecule has 0 radical (unpaired) electrons. The van der Waals surface area contributed by atoms with Gasteiger partial charge >= 0.3 is 0 Å². The van der Waals surface area contributed by atoms with E-state index in [4.69, 9.17) is 11.6 Å². The summed E-state index contributed by atoms with van der Waals surface area (Å²) in [6, 6.07) is 8.48. The molecule has 0 spiro atoms. The predicted octanol–water partition coefficient (Wildman–Crippen LogP) is 2.23. The Morgan fingerprint density at radius 1 is 1.38 bits per heavy atom. The van der Waals surface area contributed by atoms with E-state index < -0.39 is 6.04 Å². The minimum absolute atomic E-state index is 0.136. The van der Waals surface area contributed by atoms with Gasteiger partial charge in [0.15, 0.2) is 5.69 Å². The molecule has 7 heteroatoms. The summed E-state index contributed by atoms with van der Waals surface area (Å²) in [6.45, 7) is 2.51. The Bertz CT molecular complexity index is 772. The van der Waals surface area contributed by atoms with Crippen molar-refractivity contribution in [3.63, 3.8) is 0 Å². The molecular weight excluding hydrogens is 328 g/mol. The van der Waals surface area contributed by atoms with Gasteiger partial charge in [-0.1, -0.05) is 23.7 Å². The topological polar surface area (TPSA) is 76.0 Å². The van der Waals surface area contributed by atoms with Crippen molar-refractivity contribution in [3.8, 4) is 5.69 Å². The van der Waals surface area contributed by atoms with Crippen LogP contribution in [0.4, 0.5) is 0 Å². The lowest BCUT2D eigenvalue weighted by atomic mass is 10.1. The number of nitrogens with zero attached hydrogens (tertiary/aromatic N) is 2. The Kier molecular flexibility index (Phi) is 4.85. The van der Waals surface area contributed by atoms with Crippen LogP contribution in [0.2, 0.25) is 5.02 Å². The molecule has 2 heterocycles. The summed E-state index contributed by atoms with van der Waals surface area (Å²) in [6.07, 6.45) is 2.47. The van der Waals surface area contributed by atoms with Gasteiger partial charge in [-0.15, -0.1) is 0 Å². The first kappa shape index (κ1) is 16.5. The summed E-state index contributed by atoms with van der Waals surface area (Å²) >= 11 is 6.20. The molecule has 1 aromatic carbocycles. The van der Waals surface area contributed by atoms with E-state index in [1.807, 2.05) is 25.1 Å². The molecular formula is C17H19ClN4O2. The zero-order chi connectivity index (χ0) is 17.1. The lowest BCUT2D eigenvalue weighted by Crippen LogP contribution is -2.45. The Morgan fingerprint density at radius 3 is 2.96 bits per heavy atom. The van der Waals surface area contributed by atoms with Gasteiger partial charge in [-0.3, -0.25) is 9.59 Å². The summed E-state index contributed by atoms with van der Waals surface area (Å²) in [7, 11) is 0. The van der Waals surface area contributed by atoms with Crippen LogP contribution in [0.5, 0.6) is 0 Å². The maximum atomic E-state index is 12.5. The highest BCUT2D eigenvalue weighted by atomic mass is 35.5. The molecule has 0 saturated carbocycles. The van der Waals surface area contributed by atoms with Crippen LogP contribution in [0.1, 0.15) is 35.4 Å². The van der Waals surface area contributed by atoms with E-state index >= 15 is 0 Å². The molecule has 1 atom stereocenters. The lowest BCUT2D eigenvalue weighted by Gasteiger charge is -2.14. The third kappa shape index (κ3) is 3.43. The number of amides is 2. The monoisotopic (exact) mass is 346 g/mol. The molecule has 1 aliphatic heterocycles. The van der Waals surface area contributed by atoms with Gasteiger partial charge in [0.2, 0.25) is 5.91 Å². The fourth-order valence-electron chi connectivity index (χ4n) is 2.76. The van der Waals surface area contributed by atoms with Gasteiger partial charge < -0.3 is 10.6 Å². The molecule has 3 rings (SSSR count). The second kappa shape index (κ2) is 7.05. The van der Waals surface area contributed by atoms with Gasteiger partial charge in [-0.25, -0.2) is 4.68 Å². The highest BCUT2D eigenvalue weighted by Crippen LogP contribution is 2.21. The van der Waals surface area contributed by atoms with E-state index in [1.54, 1.807) is 16.8 Å². The number of nitrogens with one attached hydrogen (secondary N) is 2. The van der Waals surface area contributed by atoms with Crippen LogP contribution in [0, 0.1) is 6.92 Å². The summed E-state index contributed by atoms with van der Waals surface area (Å²) in [5.41, 5.74) is 1.77. The molecule has 24 heavy (non-hydrogen) atoms. The van der Waals surface area contributed by atoms with E-state index in [9.17, 15) is 9.59 Å². The van der Waals surface area contributed by atoms with Gasteiger partial charge in [0.05, 0.1) is 10.7 Å². The van der Waals surface area contributed by atoms with Crippen LogP contribution >= 0.6 is 11.6 Å². The minimum Gasteiger partial charge on any atom is -0.354 e. The predicted molar refractivity (Wildman–Crippen MR) is 91.4 cm³/mol. The Hall–Kier alpha value is -2.34. The molecule has 0 bridgehead atoms. The average molecular weight is 347 g/mol. The van der Waals surface area contributed by atoms with Gasteiger partial charge in [-0.05, 0) is 44.4 Å². The molecule has 1 aromatic heterocycles. The molecule has 1 aliphatic rings. The fourth-order valence-corrected chi connectivity index (χ4v) is 2.98. The van der Waals surface area contributed by atoms with Crippen LogP contribution in [0.3, 0.4) is 0 Å². The first-order valence-electron chi connectivity index (χ1n) is 7.96. The number of carbonyl (C=O) groups is 2. The first-order chi connectivity index (χ1) is 11.6. The van der Waals surface area contributed by atoms with Gasteiger partial charge in [-0.2, -0.15) is 5.10 Å². The number of hydrogen-bond acceptors (Lipinski definition) is 3. The van der Waals surface area contributed by atoms with Gasteiger partial charge in [0.25, 0.3) is 5.91 Å². The first-order valence-corrected chi connectivity index (χ1v) is 8.34. The summed E-state index contributed by atoms with van der Waals surface area (Å²) < 4.78 is 1.63. The number of rotatable bonds is 3. The van der Waals surface area contributed by atoms with Crippen molar-refractivity contribution in [2.24, 2.45) is 0 Å². The molecule has 1 unspecified atom stereocenters. The van der Waals surface area contributed by atoms with Crippen molar-refractivity contribution < 1.29 is 9.59 Å². The molecule has 126 valence electrons. The van der Waals surface area contributed by atoms with E-state index in [-0.39, 0.29) is 17.5 Å². The Labute approximate surface area is 145 Å². The molecule has 1 fully saturated rings. The Morgan fingerprint density at radius 2 is 2.17 bits per heavy atom. The van der Waals surface area contributed by atoms with Crippen molar-refractivity contribution >= 4 is 23.4 Å². The zero-order valence-electron chi connectivity index (χ0n) is 13.4. The highest BCUT2D eigenvalue weighted by molar-refractivity contribution is 6.32. The highest BCUT2D eigenvalue weighted by Gasteiger charge is 2.24. The molecule has 6 nitrogen and oxygen atoms in total. The zero-order valence-corrected chi connectivity index (χ0v) is 14.1. The standard InChI is InChI=1S/C17H19ClN4O2/c1-11-10-14(21-22(11)15-8-3-2-6-12(15)18)17(24)20-13-7-4-5-9-19-16(13)23/h2-3,6,8,10,13H,4-5,7,9H2,1H3,(H,19,23)(H,20,24). The quantitative estimate of drug-likeness (QED) is 0.894. The van der Waals surface area contributed by atoms with Crippen molar-refractivity contribution in [2.45, 2.75) is 32.2 Å². The second-order valence-electron chi connectivity index (χ2n) is 5.85. The number of aromatic nitrogens is 2. The third-order valence-corrected chi connectivity index (χ3v) is 4.36. The summed E-state index contributed by atoms with van der Waals surface area (Å²) in [4.78, 5) is 24.4. The normalized spacial score (nSPS) is 17.9. The average Bonchev–Trinajstić information content (AvgIpc) is 2.83. The van der Waals surface area contributed by atoms with Gasteiger partial charge in [0, 0.05) is 12.2 Å². The molecule has 0 aliphatic carbocycles. The number of aryl methyl sites for hydroxylation is 1. The molecule has 1 saturated heterocycles. The number of hydrogen-bond donors (Lipinski definition) is 2. The molecule has 2 amide bonds. The van der Waals surface area contributed by atoms with Crippen molar-refractivity contribution in [2.75, 3.05) is 6.54 Å². The Balaban J connectivity index is 1.80. The van der Waals surface area contributed by atoms with Crippen molar-refractivity contribution in [3.05, 3.63) is 46.7 Å². The van der Waals surface area contributed by atoms with Crippen molar-refractivity contribution in [1.82, 2.24) is 20.4 Å². The maximum Gasteiger partial charge on any atom is 0.272 e. The second-order valence-corrected chi connectivity index (χ2v) is 6.25. The van der Waals surface area contributed by atoms with E-state index in [0.717, 1.165) is 18.5 Å². The van der Waals surface area contributed by atoms with E-state index in [1.165, 1.54) is 0 Å². The van der Waals surface area contributed by atoms with Gasteiger partial charge in [0.1, 0.15) is 6.04 Å². The number of halogens is 1. The fraction of sp³-hybridized carbons (Fsp3) is 0.353. The largest absolute Gasteiger partial charge is 0.354 e. The van der Waals surface area contributed by atoms with Crippen LogP contribution in [0.15, 0.2) is 30.3 Å². The van der Waals surface area contributed by atoms with Crippen LogP contribution in [-0.4, -0.2) is 34.2 Å². The minimum atomic E-state index is -0.509. The molecule has 2 N–H and O–H groups in total. The van der Waals surface area contributed by atoms with Crippen molar-refractivity contribution in [1.29, 1.82) is 0 Å². The lowest BCUT2D eigenvalue weighted by molar-refractivity contribution is -0.122. The van der Waals surface area contributed by atoms with Crippen LogP contribution < -0.4 is 10.6 Å². The summed E-state index contributed by atoms with van der Waals surface area (Å²) in [5, 5.41) is 10.5. The number of benzene rings is 1. The van der Waals surface area contributed by atoms with E-state index in [0.29, 0.717) is 23.7 Å². The van der Waals surface area contributed by atoms with Crippen LogP contribution in [0.25, 0.3) is 5.69 Å². The molecule has 2 aromatic rings.